The molecule has 0 aliphatic carbocycles. The van der Waals surface area contributed by atoms with E-state index in [-0.39, 0.29) is 30.7 Å². The van der Waals surface area contributed by atoms with Crippen LogP contribution in [0.15, 0.2) is 84.9 Å². The van der Waals surface area contributed by atoms with Gasteiger partial charge in [0.05, 0.1) is 25.9 Å². The predicted molar refractivity (Wildman–Crippen MR) is 175 cm³/mol. The molecule has 0 bridgehead atoms. The maximum Gasteiger partial charge on any atom is 0.428 e. The number of hydrogen-bond donors (Lipinski definition) is 2. The Bertz CT molecular complexity index is 1440. The second kappa shape index (κ2) is 15.8. The van der Waals surface area contributed by atoms with Crippen LogP contribution in [0.2, 0.25) is 0 Å². The van der Waals surface area contributed by atoms with E-state index < -0.39 is 48.3 Å². The van der Waals surface area contributed by atoms with Crippen LogP contribution in [0.4, 0.5) is 23.7 Å². The molecule has 1 saturated heterocycles. The highest BCUT2D eigenvalue weighted by atomic mass is 32.1. The zero-order chi connectivity index (χ0) is 34.2. The molecule has 0 saturated carbocycles. The predicted octanol–water partition coefficient (Wildman–Crippen LogP) is 6.26. The lowest BCUT2D eigenvalue weighted by molar-refractivity contribution is -0.274. The lowest BCUT2D eigenvalue weighted by Gasteiger charge is -2.45. The number of alkyl halides is 3. The molecule has 1 amide bonds. The van der Waals surface area contributed by atoms with Gasteiger partial charge < -0.3 is 34.7 Å². The Morgan fingerprint density at radius 1 is 0.936 bits per heavy atom. The highest BCUT2D eigenvalue weighted by Gasteiger charge is 2.56. The summed E-state index contributed by atoms with van der Waals surface area (Å²) < 4.78 is 73.9. The Hall–Kier alpha value is -3.91. The van der Waals surface area contributed by atoms with Crippen LogP contribution < -0.4 is 15.8 Å². The van der Waals surface area contributed by atoms with Gasteiger partial charge in [0, 0.05) is 12.7 Å². The molecular formula is C34H40F3N3O6S. The van der Waals surface area contributed by atoms with Crippen LogP contribution in [0.25, 0.3) is 0 Å². The zero-order valence-electron chi connectivity index (χ0n) is 26.6. The SMILES string of the molecule is CN(C(=O)OC(C)(C)C)C(=S)NC1COC(C(Oc2ccc(N)cc2)C(F)(F)F)C(OCc2ccccc2)C1OCc1ccccc1. The van der Waals surface area contributed by atoms with Gasteiger partial charge in [0.2, 0.25) is 6.10 Å². The molecule has 5 atom stereocenters. The molecule has 3 aromatic rings. The number of carbonyl (C=O) groups is 1. The number of benzene rings is 3. The summed E-state index contributed by atoms with van der Waals surface area (Å²) >= 11 is 5.52. The van der Waals surface area contributed by atoms with Crippen molar-refractivity contribution in [2.75, 3.05) is 19.4 Å². The average molecular weight is 676 g/mol. The minimum Gasteiger partial charge on any atom is -0.478 e. The number of thiocarbonyl (C=S) groups is 1. The second-order valence-electron chi connectivity index (χ2n) is 12.1. The van der Waals surface area contributed by atoms with Crippen LogP contribution in [0.3, 0.4) is 0 Å². The quantitative estimate of drug-likeness (QED) is 0.190. The number of halogens is 3. The largest absolute Gasteiger partial charge is 0.478 e. The number of nitrogens with zero attached hydrogens (tertiary/aromatic N) is 1. The molecule has 3 N–H and O–H groups in total. The summed E-state index contributed by atoms with van der Waals surface area (Å²) in [5.74, 6) is -0.0471. The van der Waals surface area contributed by atoms with E-state index in [1.807, 2.05) is 36.4 Å². The van der Waals surface area contributed by atoms with Crippen LogP contribution in [-0.2, 0) is 32.2 Å². The highest BCUT2D eigenvalue weighted by Crippen LogP contribution is 2.35. The standard InChI is InChI=1S/C34H40F3N3O6S/c1-33(2,3)46-32(41)40(4)31(47)39-26-21-44-29(30(34(35,36)37)45-25-17-15-24(38)16-18-25)28(43-20-23-13-9-6-10-14-23)27(26)42-19-22-11-7-5-8-12-22/h5-18,26-30H,19-21,38H2,1-4H3,(H,39,47). The lowest BCUT2D eigenvalue weighted by Crippen LogP contribution is -2.66. The van der Waals surface area contributed by atoms with Gasteiger partial charge in [0.25, 0.3) is 0 Å². The molecule has 5 unspecified atom stereocenters. The third-order valence-electron chi connectivity index (χ3n) is 7.13. The molecular weight excluding hydrogens is 635 g/mol. The van der Waals surface area contributed by atoms with Crippen molar-refractivity contribution in [2.24, 2.45) is 0 Å². The fraction of sp³-hybridized carbons (Fsp3) is 0.412. The maximum absolute atomic E-state index is 14.8. The first kappa shape index (κ1) is 35.9. The zero-order valence-corrected chi connectivity index (χ0v) is 27.4. The van der Waals surface area contributed by atoms with E-state index in [0.29, 0.717) is 5.69 Å². The molecule has 0 spiro atoms. The average Bonchev–Trinajstić information content (AvgIpc) is 3.02. The topological polar surface area (TPSA) is 105 Å². The Morgan fingerprint density at radius 3 is 1.98 bits per heavy atom. The highest BCUT2D eigenvalue weighted by molar-refractivity contribution is 7.80. The van der Waals surface area contributed by atoms with Gasteiger partial charge in [0.1, 0.15) is 29.7 Å². The molecule has 1 fully saturated rings. The molecule has 0 radical (unpaired) electrons. The summed E-state index contributed by atoms with van der Waals surface area (Å²) in [6, 6.07) is 23.0. The Morgan fingerprint density at radius 2 is 1.47 bits per heavy atom. The minimum atomic E-state index is -4.86. The first-order valence-corrected chi connectivity index (χ1v) is 15.4. The number of carbonyl (C=O) groups excluding carboxylic acids is 1. The fourth-order valence-corrected chi connectivity index (χ4v) is 5.05. The van der Waals surface area contributed by atoms with Crippen molar-refractivity contribution in [1.82, 2.24) is 10.2 Å². The van der Waals surface area contributed by atoms with E-state index in [9.17, 15) is 18.0 Å². The molecule has 3 aromatic carbocycles. The first-order valence-electron chi connectivity index (χ1n) is 15.0. The van der Waals surface area contributed by atoms with Crippen LogP contribution in [0.1, 0.15) is 31.9 Å². The van der Waals surface area contributed by atoms with Gasteiger partial charge in [-0.25, -0.2) is 4.79 Å². The van der Waals surface area contributed by atoms with E-state index in [4.69, 9.17) is 41.6 Å². The van der Waals surface area contributed by atoms with Gasteiger partial charge >= 0.3 is 12.3 Å². The molecule has 1 aliphatic rings. The fourth-order valence-electron chi connectivity index (χ4n) is 4.82. The summed E-state index contributed by atoms with van der Waals surface area (Å²) in [4.78, 5) is 13.8. The van der Waals surface area contributed by atoms with Gasteiger partial charge in [-0.15, -0.1) is 0 Å². The number of hydrogen-bond acceptors (Lipinski definition) is 8. The van der Waals surface area contributed by atoms with Crippen molar-refractivity contribution in [1.29, 1.82) is 0 Å². The van der Waals surface area contributed by atoms with Gasteiger partial charge in [-0.1, -0.05) is 60.7 Å². The number of amides is 1. The van der Waals surface area contributed by atoms with Gasteiger partial charge in [-0.2, -0.15) is 13.2 Å². The Labute approximate surface area is 278 Å². The first-order chi connectivity index (χ1) is 22.2. The third kappa shape index (κ3) is 10.5. The van der Waals surface area contributed by atoms with E-state index >= 15 is 0 Å². The van der Waals surface area contributed by atoms with E-state index in [0.717, 1.165) is 16.0 Å². The van der Waals surface area contributed by atoms with Gasteiger partial charge in [-0.05, 0) is 68.4 Å². The molecule has 254 valence electrons. The molecule has 9 nitrogen and oxygen atoms in total. The summed E-state index contributed by atoms with van der Waals surface area (Å²) in [6.45, 7) is 4.88. The molecule has 1 heterocycles. The maximum atomic E-state index is 14.8. The smallest absolute Gasteiger partial charge is 0.428 e. The third-order valence-corrected chi connectivity index (χ3v) is 7.52. The lowest BCUT2D eigenvalue weighted by atomic mass is 9.93. The Balaban J connectivity index is 1.68. The minimum absolute atomic E-state index is 0.0353. The van der Waals surface area contributed by atoms with Gasteiger partial charge in [0.15, 0.2) is 5.11 Å². The Kier molecular flexibility index (Phi) is 12.1. The van der Waals surface area contributed by atoms with Gasteiger partial charge in [-0.3, -0.25) is 4.90 Å². The second-order valence-corrected chi connectivity index (χ2v) is 12.5. The molecule has 1 aliphatic heterocycles. The van der Waals surface area contributed by atoms with Crippen LogP contribution in [-0.4, -0.2) is 72.0 Å². The summed E-state index contributed by atoms with van der Waals surface area (Å²) in [5, 5.41) is 3.01. The van der Waals surface area contributed by atoms with E-state index in [2.05, 4.69) is 5.32 Å². The van der Waals surface area contributed by atoms with Crippen molar-refractivity contribution in [2.45, 2.75) is 76.2 Å². The van der Waals surface area contributed by atoms with Crippen LogP contribution in [0.5, 0.6) is 5.75 Å². The molecule has 13 heteroatoms. The molecule has 47 heavy (non-hydrogen) atoms. The summed E-state index contributed by atoms with van der Waals surface area (Å²) in [6.07, 6.45) is -12.0. The number of rotatable bonds is 10. The number of nitrogens with one attached hydrogen (secondary N) is 1. The van der Waals surface area contributed by atoms with Crippen LogP contribution >= 0.6 is 12.2 Å². The summed E-state index contributed by atoms with van der Waals surface area (Å²) in [5.41, 5.74) is 6.84. The summed E-state index contributed by atoms with van der Waals surface area (Å²) in [7, 11) is 1.43. The van der Waals surface area contributed by atoms with E-state index in [1.165, 1.54) is 31.3 Å². The molecule has 0 aromatic heterocycles. The van der Waals surface area contributed by atoms with E-state index in [1.54, 1.807) is 45.0 Å². The monoisotopic (exact) mass is 675 g/mol. The number of anilines is 1. The van der Waals surface area contributed by atoms with Crippen molar-refractivity contribution < 1.29 is 41.7 Å². The number of nitrogens with two attached hydrogens (primary N) is 1. The van der Waals surface area contributed by atoms with Crippen molar-refractivity contribution >= 4 is 29.1 Å². The van der Waals surface area contributed by atoms with Crippen molar-refractivity contribution in [3.8, 4) is 5.75 Å². The van der Waals surface area contributed by atoms with Crippen molar-refractivity contribution in [3.05, 3.63) is 96.1 Å². The van der Waals surface area contributed by atoms with Crippen LogP contribution in [0, 0.1) is 0 Å². The normalized spacial score (nSPS) is 20.6. The molecule has 4 rings (SSSR count). The number of nitrogen functional groups attached to an aromatic ring is 1. The number of ether oxygens (including phenoxy) is 5. The van der Waals surface area contributed by atoms with Crippen molar-refractivity contribution in [3.63, 3.8) is 0 Å².